The summed E-state index contributed by atoms with van der Waals surface area (Å²) >= 11 is 0. The van der Waals surface area contributed by atoms with Crippen LogP contribution >= 0.6 is 0 Å². The molecule has 0 aromatic rings. The van der Waals surface area contributed by atoms with E-state index in [0.717, 1.165) is 13.0 Å². The van der Waals surface area contributed by atoms with Crippen LogP contribution in [-0.2, 0) is 0 Å². The highest BCUT2D eigenvalue weighted by Crippen LogP contribution is 2.35. The zero-order valence-electron chi connectivity index (χ0n) is 8.89. The summed E-state index contributed by atoms with van der Waals surface area (Å²) in [5, 5.41) is 0. The van der Waals surface area contributed by atoms with Gasteiger partial charge in [0, 0.05) is 0 Å². The van der Waals surface area contributed by atoms with Gasteiger partial charge in [-0.2, -0.15) is 0 Å². The molecular formula is C12H23N. The van der Waals surface area contributed by atoms with Crippen LogP contribution in [0, 0.1) is 5.41 Å². The maximum atomic E-state index is 5.47. The summed E-state index contributed by atoms with van der Waals surface area (Å²) in [5.41, 5.74) is 5.94. The van der Waals surface area contributed by atoms with E-state index in [4.69, 9.17) is 5.73 Å². The van der Waals surface area contributed by atoms with Crippen molar-refractivity contribution < 1.29 is 0 Å². The Balaban J connectivity index is 2.41. The summed E-state index contributed by atoms with van der Waals surface area (Å²) in [5.74, 6) is 0. The van der Waals surface area contributed by atoms with Crippen molar-refractivity contribution in [3.8, 4) is 0 Å². The van der Waals surface area contributed by atoms with Crippen molar-refractivity contribution in [2.45, 2.75) is 51.9 Å². The average molecular weight is 181 g/mol. The fraction of sp³-hybridized carbons (Fsp3) is 0.833. The van der Waals surface area contributed by atoms with Crippen LogP contribution in [0.2, 0.25) is 0 Å². The standard InChI is InChI=1S/C12H23N/c1-12(10-6-7-11-13)8-4-2-3-5-9-12/h6,10H,2-5,7-9,11,13H2,1H3/b10-6+. The molecule has 0 saturated heterocycles. The largest absolute Gasteiger partial charge is 0.330 e. The summed E-state index contributed by atoms with van der Waals surface area (Å²) in [6.07, 6.45) is 14.1. The first-order chi connectivity index (χ1) is 6.27. The van der Waals surface area contributed by atoms with E-state index in [1.165, 1.54) is 38.5 Å². The molecule has 0 aromatic heterocycles. The minimum atomic E-state index is 0.478. The Morgan fingerprint density at radius 1 is 1.15 bits per heavy atom. The van der Waals surface area contributed by atoms with Gasteiger partial charge in [0.2, 0.25) is 0 Å². The van der Waals surface area contributed by atoms with Crippen LogP contribution in [0.15, 0.2) is 12.2 Å². The summed E-state index contributed by atoms with van der Waals surface area (Å²) in [7, 11) is 0. The third-order valence-electron chi connectivity index (χ3n) is 3.10. The van der Waals surface area contributed by atoms with Crippen LogP contribution in [-0.4, -0.2) is 6.54 Å². The minimum absolute atomic E-state index is 0.478. The second-order valence-electron chi connectivity index (χ2n) is 4.55. The predicted octanol–water partition coefficient (Wildman–Crippen LogP) is 3.25. The van der Waals surface area contributed by atoms with Gasteiger partial charge in [-0.3, -0.25) is 0 Å². The van der Waals surface area contributed by atoms with Crippen LogP contribution in [0.25, 0.3) is 0 Å². The van der Waals surface area contributed by atoms with Crippen molar-refractivity contribution in [2.75, 3.05) is 6.54 Å². The van der Waals surface area contributed by atoms with Crippen molar-refractivity contribution in [3.05, 3.63) is 12.2 Å². The van der Waals surface area contributed by atoms with Crippen LogP contribution < -0.4 is 5.73 Å². The normalized spacial score (nSPS) is 23.2. The summed E-state index contributed by atoms with van der Waals surface area (Å²) < 4.78 is 0. The number of rotatable bonds is 3. The Morgan fingerprint density at radius 2 is 1.77 bits per heavy atom. The highest BCUT2D eigenvalue weighted by Gasteiger charge is 2.21. The number of hydrogen-bond donors (Lipinski definition) is 1. The molecular weight excluding hydrogens is 158 g/mol. The molecule has 1 saturated carbocycles. The first kappa shape index (κ1) is 10.8. The summed E-state index contributed by atoms with van der Waals surface area (Å²) in [6.45, 7) is 3.18. The Labute approximate surface area is 82.4 Å². The summed E-state index contributed by atoms with van der Waals surface area (Å²) in [6, 6.07) is 0. The van der Waals surface area contributed by atoms with E-state index in [2.05, 4.69) is 19.1 Å². The molecule has 0 amide bonds. The molecule has 0 heterocycles. The van der Waals surface area contributed by atoms with E-state index in [-0.39, 0.29) is 0 Å². The second kappa shape index (κ2) is 5.43. The fourth-order valence-electron chi connectivity index (χ4n) is 2.17. The van der Waals surface area contributed by atoms with E-state index in [0.29, 0.717) is 5.41 Å². The lowest BCUT2D eigenvalue weighted by Crippen LogP contribution is -2.11. The van der Waals surface area contributed by atoms with E-state index < -0.39 is 0 Å². The molecule has 0 aliphatic heterocycles. The first-order valence-corrected chi connectivity index (χ1v) is 5.65. The first-order valence-electron chi connectivity index (χ1n) is 5.65. The molecule has 1 nitrogen and oxygen atoms in total. The van der Waals surface area contributed by atoms with E-state index in [1.54, 1.807) is 0 Å². The quantitative estimate of drug-likeness (QED) is 0.525. The van der Waals surface area contributed by atoms with Crippen molar-refractivity contribution in [2.24, 2.45) is 11.1 Å². The van der Waals surface area contributed by atoms with Crippen LogP contribution in [0.1, 0.15) is 51.9 Å². The Morgan fingerprint density at radius 3 is 2.31 bits per heavy atom. The maximum Gasteiger partial charge on any atom is -0.00426 e. The monoisotopic (exact) mass is 181 g/mol. The Kier molecular flexibility index (Phi) is 4.51. The van der Waals surface area contributed by atoms with E-state index >= 15 is 0 Å². The van der Waals surface area contributed by atoms with E-state index in [9.17, 15) is 0 Å². The van der Waals surface area contributed by atoms with Gasteiger partial charge in [0.25, 0.3) is 0 Å². The van der Waals surface area contributed by atoms with Crippen molar-refractivity contribution >= 4 is 0 Å². The molecule has 0 aromatic carbocycles. The third-order valence-corrected chi connectivity index (χ3v) is 3.10. The van der Waals surface area contributed by atoms with Gasteiger partial charge in [-0.05, 0) is 31.2 Å². The van der Waals surface area contributed by atoms with Gasteiger partial charge < -0.3 is 5.73 Å². The van der Waals surface area contributed by atoms with Crippen LogP contribution in [0.3, 0.4) is 0 Å². The highest BCUT2D eigenvalue weighted by atomic mass is 14.5. The molecule has 1 fully saturated rings. The molecule has 1 aliphatic rings. The van der Waals surface area contributed by atoms with Gasteiger partial charge >= 0.3 is 0 Å². The fourth-order valence-corrected chi connectivity index (χ4v) is 2.17. The van der Waals surface area contributed by atoms with Gasteiger partial charge in [0.15, 0.2) is 0 Å². The molecule has 0 radical (unpaired) electrons. The van der Waals surface area contributed by atoms with Crippen molar-refractivity contribution in [1.29, 1.82) is 0 Å². The van der Waals surface area contributed by atoms with Gasteiger partial charge in [0.1, 0.15) is 0 Å². The lowest BCUT2D eigenvalue weighted by molar-refractivity contribution is 0.367. The smallest absolute Gasteiger partial charge is 0.00426 e. The van der Waals surface area contributed by atoms with Gasteiger partial charge in [-0.15, -0.1) is 0 Å². The Bertz CT molecular complexity index is 153. The number of allylic oxidation sites excluding steroid dienone is 1. The average Bonchev–Trinajstić information content (AvgIpc) is 2.31. The zero-order chi connectivity index (χ0) is 9.57. The van der Waals surface area contributed by atoms with Gasteiger partial charge in [-0.1, -0.05) is 44.8 Å². The summed E-state index contributed by atoms with van der Waals surface area (Å²) in [4.78, 5) is 0. The topological polar surface area (TPSA) is 26.0 Å². The minimum Gasteiger partial charge on any atom is -0.330 e. The molecule has 0 spiro atoms. The molecule has 1 heteroatoms. The molecule has 1 rings (SSSR count). The van der Waals surface area contributed by atoms with E-state index in [1.807, 2.05) is 0 Å². The number of hydrogen-bond acceptors (Lipinski definition) is 1. The zero-order valence-corrected chi connectivity index (χ0v) is 8.89. The maximum absolute atomic E-state index is 5.47. The van der Waals surface area contributed by atoms with Crippen LogP contribution in [0.5, 0.6) is 0 Å². The number of nitrogens with two attached hydrogens (primary N) is 1. The van der Waals surface area contributed by atoms with Crippen LogP contribution in [0.4, 0.5) is 0 Å². The third kappa shape index (κ3) is 3.95. The highest BCUT2D eigenvalue weighted by molar-refractivity contribution is 4.98. The predicted molar refractivity (Wildman–Crippen MR) is 58.6 cm³/mol. The van der Waals surface area contributed by atoms with Gasteiger partial charge in [0.05, 0.1) is 0 Å². The second-order valence-corrected chi connectivity index (χ2v) is 4.55. The molecule has 1 aliphatic carbocycles. The SMILES string of the molecule is CC1(/C=C/CCN)CCCCCC1. The molecule has 0 bridgehead atoms. The molecule has 13 heavy (non-hydrogen) atoms. The van der Waals surface area contributed by atoms with Crippen molar-refractivity contribution in [3.63, 3.8) is 0 Å². The molecule has 0 unspecified atom stereocenters. The lowest BCUT2D eigenvalue weighted by Gasteiger charge is -2.23. The van der Waals surface area contributed by atoms with Crippen molar-refractivity contribution in [1.82, 2.24) is 0 Å². The van der Waals surface area contributed by atoms with Gasteiger partial charge in [-0.25, -0.2) is 0 Å². The Hall–Kier alpha value is -0.300. The lowest BCUT2D eigenvalue weighted by atomic mass is 9.82. The molecule has 76 valence electrons. The molecule has 2 N–H and O–H groups in total. The molecule has 0 atom stereocenters.